The molecule has 2 unspecified atom stereocenters. The zero-order chi connectivity index (χ0) is 9.50. The van der Waals surface area contributed by atoms with Crippen molar-refractivity contribution in [2.75, 3.05) is 6.66 Å². The maximum absolute atomic E-state index is 12.6. The molecular weight excluding hydrogens is 220 g/mol. The molecule has 9 heteroatoms. The highest BCUT2D eigenvalue weighted by atomic mass is 35.5. The summed E-state index contributed by atoms with van der Waals surface area (Å²) < 4.78 is 29.3. The van der Waals surface area contributed by atoms with Crippen molar-refractivity contribution in [3.8, 4) is 0 Å². The molecule has 0 radical (unpaired) electrons. The Labute approximate surface area is 66.8 Å². The topological polar surface area (TPSA) is 94.8 Å². The summed E-state index contributed by atoms with van der Waals surface area (Å²) in [5.41, 5.74) is 0. The highest BCUT2D eigenvalue weighted by molar-refractivity contribution is 7.77. The minimum Gasteiger partial charge on any atom is -0.341 e. The van der Waals surface area contributed by atoms with Crippen molar-refractivity contribution in [2.45, 2.75) is 4.61 Å². The van der Waals surface area contributed by atoms with E-state index >= 15 is 0 Å². The molecule has 5 nitrogen and oxygen atoms in total. The van der Waals surface area contributed by atoms with Crippen LogP contribution < -0.4 is 0 Å². The first-order chi connectivity index (χ1) is 4.50. The third-order valence-electron chi connectivity index (χ3n) is 0.850. The minimum atomic E-state index is -5.40. The van der Waals surface area contributed by atoms with Crippen LogP contribution in [-0.4, -0.2) is 26.0 Å². The van der Waals surface area contributed by atoms with Gasteiger partial charge in [0.05, 0.1) is 0 Å². The van der Waals surface area contributed by atoms with E-state index in [2.05, 4.69) is 11.6 Å². The normalized spacial score (nSPS) is 23.8. The summed E-state index contributed by atoms with van der Waals surface area (Å²) in [6, 6.07) is 0. The molecule has 11 heavy (non-hydrogen) atoms. The summed E-state index contributed by atoms with van der Waals surface area (Å²) >= 11 is 4.55. The van der Waals surface area contributed by atoms with E-state index in [9.17, 15) is 13.5 Å². The molecule has 0 saturated heterocycles. The van der Waals surface area contributed by atoms with E-state index in [0.717, 1.165) is 0 Å². The lowest BCUT2D eigenvalue weighted by molar-refractivity contribution is 0.304. The molecule has 3 N–H and O–H groups in total. The monoisotopic (exact) mass is 226 g/mol. The van der Waals surface area contributed by atoms with Crippen molar-refractivity contribution >= 4 is 26.6 Å². The summed E-state index contributed by atoms with van der Waals surface area (Å²) in [5.74, 6) is 0. The smallest absolute Gasteiger partial charge is 0.341 e. The Bertz CT molecular complexity index is 215. The van der Waals surface area contributed by atoms with Gasteiger partial charge >= 0.3 is 12.2 Å². The predicted octanol–water partition coefficient (Wildman–Crippen LogP) is 0.884. The predicted molar refractivity (Wildman–Crippen MR) is 37.5 cm³/mol. The Morgan fingerprint density at radius 2 is 1.64 bits per heavy atom. The summed E-state index contributed by atoms with van der Waals surface area (Å²) in [4.78, 5) is 24.7. The SMILES string of the molecule is CP(=O)(O)C(F)(Cl)P(=O)(O)O. The van der Waals surface area contributed by atoms with Gasteiger partial charge in [-0.2, -0.15) is 0 Å². The van der Waals surface area contributed by atoms with Crippen molar-refractivity contribution in [3.63, 3.8) is 0 Å². The van der Waals surface area contributed by atoms with Gasteiger partial charge in [-0.25, -0.2) is 4.39 Å². The molecule has 0 aromatic heterocycles. The molecule has 0 aliphatic heterocycles. The first kappa shape index (κ1) is 11.6. The van der Waals surface area contributed by atoms with Crippen LogP contribution in [0, 0.1) is 0 Å². The third kappa shape index (κ3) is 2.25. The van der Waals surface area contributed by atoms with E-state index in [1.807, 2.05) is 0 Å². The van der Waals surface area contributed by atoms with E-state index in [-0.39, 0.29) is 0 Å². The molecule has 0 aliphatic carbocycles. The molecule has 0 spiro atoms. The van der Waals surface area contributed by atoms with Crippen molar-refractivity contribution in [3.05, 3.63) is 0 Å². The largest absolute Gasteiger partial charge is 0.388 e. The van der Waals surface area contributed by atoms with Crippen LogP contribution >= 0.6 is 26.6 Å². The second-order valence-corrected chi connectivity index (χ2v) is 7.41. The van der Waals surface area contributed by atoms with Crippen LogP contribution in [0.5, 0.6) is 0 Å². The van der Waals surface area contributed by atoms with Gasteiger partial charge in [0.1, 0.15) is 0 Å². The molecule has 0 bridgehead atoms. The van der Waals surface area contributed by atoms with Gasteiger partial charge in [-0.15, -0.1) is 0 Å². The number of hydrogen-bond acceptors (Lipinski definition) is 2. The molecular formula is C2H6ClFO5P2. The standard InChI is InChI=1S/C2H6ClFO5P2/c1-10(5,6)2(3,4)11(7,8)9/h1H3,(H,5,6)(H2,7,8,9). The van der Waals surface area contributed by atoms with E-state index in [1.54, 1.807) is 0 Å². The van der Waals surface area contributed by atoms with Gasteiger partial charge in [-0.05, 0) is 0 Å². The van der Waals surface area contributed by atoms with Gasteiger partial charge in [0.25, 0.3) is 7.37 Å². The molecule has 0 saturated carbocycles. The second-order valence-electron chi connectivity index (χ2n) is 1.93. The number of rotatable bonds is 2. The Kier molecular flexibility index (Phi) is 2.94. The lowest BCUT2D eigenvalue weighted by atomic mass is 11.7. The molecule has 0 aromatic carbocycles. The molecule has 2 atom stereocenters. The number of halogens is 2. The average Bonchev–Trinajstić information content (AvgIpc) is 1.58. The Hall–Kier alpha value is 0.560. The molecule has 0 aromatic rings. The van der Waals surface area contributed by atoms with Crippen molar-refractivity contribution < 1.29 is 28.2 Å². The van der Waals surface area contributed by atoms with Crippen LogP contribution in [0.1, 0.15) is 0 Å². The third-order valence-corrected chi connectivity index (χ3v) is 6.05. The Balaban J connectivity index is 5.08. The van der Waals surface area contributed by atoms with Crippen molar-refractivity contribution in [1.82, 2.24) is 0 Å². The maximum Gasteiger partial charge on any atom is 0.388 e. The van der Waals surface area contributed by atoms with Crippen LogP contribution in [0.15, 0.2) is 0 Å². The van der Waals surface area contributed by atoms with Crippen LogP contribution in [-0.2, 0) is 9.13 Å². The second kappa shape index (κ2) is 2.80. The van der Waals surface area contributed by atoms with E-state index in [4.69, 9.17) is 14.7 Å². The number of hydrogen-bond donors (Lipinski definition) is 3. The lowest BCUT2D eigenvalue weighted by Crippen LogP contribution is -2.14. The summed E-state index contributed by atoms with van der Waals surface area (Å²) in [6.45, 7) is 0.430. The molecule has 0 fully saturated rings. The first-order valence-electron chi connectivity index (χ1n) is 2.24. The lowest BCUT2D eigenvalue weighted by Gasteiger charge is -2.21. The molecule has 0 aliphatic rings. The van der Waals surface area contributed by atoms with Gasteiger partial charge in [-0.3, -0.25) is 9.13 Å². The van der Waals surface area contributed by atoms with Gasteiger partial charge in [0.2, 0.25) is 0 Å². The van der Waals surface area contributed by atoms with Gasteiger partial charge in [0, 0.05) is 6.66 Å². The van der Waals surface area contributed by atoms with Gasteiger partial charge in [-0.1, -0.05) is 11.6 Å². The summed E-state index contributed by atoms with van der Waals surface area (Å²) in [7, 11) is -10.1. The molecule has 0 heterocycles. The van der Waals surface area contributed by atoms with E-state index < -0.39 is 19.6 Å². The zero-order valence-electron chi connectivity index (χ0n) is 5.31. The quantitative estimate of drug-likeness (QED) is 0.480. The average molecular weight is 226 g/mol. The number of alkyl halides is 2. The summed E-state index contributed by atoms with van der Waals surface area (Å²) in [6.07, 6.45) is 0. The highest BCUT2D eigenvalue weighted by Crippen LogP contribution is 2.72. The zero-order valence-corrected chi connectivity index (χ0v) is 7.85. The Morgan fingerprint density at radius 1 is 1.36 bits per heavy atom. The van der Waals surface area contributed by atoms with Crippen LogP contribution in [0.4, 0.5) is 4.39 Å². The van der Waals surface area contributed by atoms with Crippen LogP contribution in [0.25, 0.3) is 0 Å². The Morgan fingerprint density at radius 3 is 1.64 bits per heavy atom. The van der Waals surface area contributed by atoms with Crippen LogP contribution in [0.2, 0.25) is 0 Å². The molecule has 68 valence electrons. The summed E-state index contributed by atoms with van der Waals surface area (Å²) in [5, 5.41) is 0. The van der Waals surface area contributed by atoms with E-state index in [1.165, 1.54) is 0 Å². The van der Waals surface area contributed by atoms with E-state index in [0.29, 0.717) is 6.66 Å². The highest BCUT2D eigenvalue weighted by Gasteiger charge is 2.58. The first-order valence-corrected chi connectivity index (χ1v) is 6.33. The van der Waals surface area contributed by atoms with Gasteiger partial charge in [0.15, 0.2) is 0 Å². The fraction of sp³-hybridized carbons (Fsp3) is 1.00. The molecule has 0 rings (SSSR count). The van der Waals surface area contributed by atoms with Gasteiger partial charge < -0.3 is 14.7 Å². The minimum absolute atomic E-state index is 0.430. The van der Waals surface area contributed by atoms with Crippen molar-refractivity contribution in [2.24, 2.45) is 0 Å². The van der Waals surface area contributed by atoms with Crippen LogP contribution in [0.3, 0.4) is 0 Å². The van der Waals surface area contributed by atoms with Crippen molar-refractivity contribution in [1.29, 1.82) is 0 Å². The molecule has 0 amide bonds. The fourth-order valence-electron chi connectivity index (χ4n) is 0.242. The maximum atomic E-state index is 12.6. The fourth-order valence-corrected chi connectivity index (χ4v) is 2.18.